The molecule has 0 saturated carbocycles. The van der Waals surface area contributed by atoms with Gasteiger partial charge >= 0.3 is 0 Å². The molecule has 0 saturated heterocycles. The topological polar surface area (TPSA) is 82.0 Å². The van der Waals surface area contributed by atoms with Gasteiger partial charge in [0.2, 0.25) is 0 Å². The number of rotatable bonds is 1. The highest BCUT2D eigenvalue weighted by molar-refractivity contribution is 5.98. The summed E-state index contributed by atoms with van der Waals surface area (Å²) in [5.74, 6) is -0.328. The molecule has 0 aliphatic carbocycles. The van der Waals surface area contributed by atoms with Crippen LogP contribution in [0.1, 0.15) is 36.7 Å². The van der Waals surface area contributed by atoms with Gasteiger partial charge in [0.25, 0.3) is 5.91 Å². The summed E-state index contributed by atoms with van der Waals surface area (Å²) in [7, 11) is 0. The third-order valence-corrected chi connectivity index (χ3v) is 2.03. The van der Waals surface area contributed by atoms with E-state index in [0.29, 0.717) is 5.56 Å². The van der Waals surface area contributed by atoms with Crippen molar-refractivity contribution < 1.29 is 4.79 Å². The van der Waals surface area contributed by atoms with Crippen LogP contribution in [0, 0.1) is 0 Å². The second-order valence-electron chi connectivity index (χ2n) is 4.23. The van der Waals surface area contributed by atoms with E-state index in [2.05, 4.69) is 4.98 Å². The highest BCUT2D eigenvalue weighted by Crippen LogP contribution is 2.27. The van der Waals surface area contributed by atoms with Crippen molar-refractivity contribution in [2.24, 2.45) is 5.73 Å². The minimum Gasteiger partial charge on any atom is -0.383 e. The van der Waals surface area contributed by atoms with Crippen molar-refractivity contribution in [1.82, 2.24) is 4.98 Å². The Morgan fingerprint density at radius 2 is 2.00 bits per heavy atom. The summed E-state index contributed by atoms with van der Waals surface area (Å²) < 4.78 is 0. The second kappa shape index (κ2) is 3.29. The quantitative estimate of drug-likeness (QED) is 0.699. The Bertz CT molecular complexity index is 366. The first-order valence-corrected chi connectivity index (χ1v) is 4.39. The summed E-state index contributed by atoms with van der Waals surface area (Å²) in [6.45, 7) is 5.98. The molecule has 1 aromatic heterocycles. The first-order chi connectivity index (χ1) is 6.34. The molecule has 0 radical (unpaired) electrons. The Labute approximate surface area is 83.3 Å². The number of nitrogens with two attached hydrogens (primary N) is 2. The maximum atomic E-state index is 11.2. The Hall–Kier alpha value is -1.58. The molecule has 14 heavy (non-hydrogen) atoms. The normalized spacial score (nSPS) is 11.4. The van der Waals surface area contributed by atoms with Crippen molar-refractivity contribution in [1.29, 1.82) is 0 Å². The van der Waals surface area contributed by atoms with E-state index in [1.165, 1.54) is 0 Å². The number of hydrogen-bond donors (Lipinski definition) is 2. The zero-order valence-electron chi connectivity index (χ0n) is 8.66. The SMILES string of the molecule is CC(C)(C)c1ccnc(N)c1C(N)=O. The van der Waals surface area contributed by atoms with Gasteiger partial charge in [0.05, 0.1) is 5.56 Å². The lowest BCUT2D eigenvalue weighted by molar-refractivity contribution is 0.0999. The van der Waals surface area contributed by atoms with E-state index >= 15 is 0 Å². The molecular weight excluding hydrogens is 178 g/mol. The number of carbonyl (C=O) groups is 1. The van der Waals surface area contributed by atoms with Crippen LogP contribution in [0.3, 0.4) is 0 Å². The first-order valence-electron chi connectivity index (χ1n) is 4.39. The van der Waals surface area contributed by atoms with Crippen molar-refractivity contribution in [3.05, 3.63) is 23.4 Å². The van der Waals surface area contributed by atoms with Gasteiger partial charge in [-0.2, -0.15) is 0 Å². The summed E-state index contributed by atoms with van der Waals surface area (Å²) in [4.78, 5) is 15.0. The summed E-state index contributed by atoms with van der Waals surface area (Å²) in [5, 5.41) is 0. The summed E-state index contributed by atoms with van der Waals surface area (Å²) in [6.07, 6.45) is 1.59. The highest BCUT2D eigenvalue weighted by atomic mass is 16.1. The number of primary amides is 1. The number of nitrogen functional groups attached to an aromatic ring is 1. The van der Waals surface area contributed by atoms with Crippen molar-refractivity contribution in [3.63, 3.8) is 0 Å². The van der Waals surface area contributed by atoms with E-state index < -0.39 is 5.91 Å². The molecule has 1 amide bonds. The van der Waals surface area contributed by atoms with Crippen LogP contribution in [0.2, 0.25) is 0 Å². The van der Waals surface area contributed by atoms with Crippen molar-refractivity contribution in [2.45, 2.75) is 26.2 Å². The van der Waals surface area contributed by atoms with Gasteiger partial charge in [-0.05, 0) is 17.0 Å². The molecule has 4 nitrogen and oxygen atoms in total. The summed E-state index contributed by atoms with van der Waals surface area (Å²) in [5.41, 5.74) is 11.9. The molecule has 0 aliphatic heterocycles. The predicted octanol–water partition coefficient (Wildman–Crippen LogP) is 1.06. The third kappa shape index (κ3) is 1.84. The number of nitrogens with zero attached hydrogens (tertiary/aromatic N) is 1. The standard InChI is InChI=1S/C10H15N3O/c1-10(2,3)6-4-5-13-8(11)7(6)9(12)14/h4-5H,1-3H3,(H2,11,13)(H2,12,14). The zero-order chi connectivity index (χ0) is 10.9. The number of aromatic nitrogens is 1. The Morgan fingerprint density at radius 1 is 1.43 bits per heavy atom. The maximum absolute atomic E-state index is 11.2. The monoisotopic (exact) mass is 193 g/mol. The van der Waals surface area contributed by atoms with Gasteiger partial charge in [0, 0.05) is 6.20 Å². The minimum absolute atomic E-state index is 0.165. The number of hydrogen-bond acceptors (Lipinski definition) is 3. The molecule has 0 fully saturated rings. The molecule has 1 aromatic rings. The number of pyridine rings is 1. The lowest BCUT2D eigenvalue weighted by Gasteiger charge is -2.21. The molecule has 4 heteroatoms. The number of anilines is 1. The maximum Gasteiger partial charge on any atom is 0.252 e. The fourth-order valence-corrected chi connectivity index (χ4v) is 1.36. The molecular formula is C10H15N3O. The van der Waals surface area contributed by atoms with Crippen molar-refractivity contribution in [2.75, 3.05) is 5.73 Å². The Balaban J connectivity index is 3.44. The molecule has 1 rings (SSSR count). The van der Waals surface area contributed by atoms with Gasteiger partial charge < -0.3 is 11.5 Å². The lowest BCUT2D eigenvalue weighted by Crippen LogP contribution is -2.23. The molecule has 76 valence electrons. The van der Waals surface area contributed by atoms with E-state index in [0.717, 1.165) is 5.56 Å². The van der Waals surface area contributed by atoms with Crippen LogP contribution in [0.5, 0.6) is 0 Å². The number of amides is 1. The van der Waals surface area contributed by atoms with Crippen molar-refractivity contribution in [3.8, 4) is 0 Å². The van der Waals surface area contributed by atoms with E-state index in [1.807, 2.05) is 20.8 Å². The summed E-state index contributed by atoms with van der Waals surface area (Å²) in [6, 6.07) is 1.77. The molecule has 0 spiro atoms. The molecule has 0 aromatic carbocycles. The van der Waals surface area contributed by atoms with Crippen LogP contribution in [0.15, 0.2) is 12.3 Å². The smallest absolute Gasteiger partial charge is 0.252 e. The fourth-order valence-electron chi connectivity index (χ4n) is 1.36. The second-order valence-corrected chi connectivity index (χ2v) is 4.23. The third-order valence-electron chi connectivity index (χ3n) is 2.03. The minimum atomic E-state index is -0.527. The van der Waals surface area contributed by atoms with E-state index in [-0.39, 0.29) is 11.2 Å². The fraction of sp³-hybridized carbons (Fsp3) is 0.400. The van der Waals surface area contributed by atoms with Crippen LogP contribution in [0.4, 0.5) is 5.82 Å². The van der Waals surface area contributed by atoms with E-state index in [1.54, 1.807) is 12.3 Å². The van der Waals surface area contributed by atoms with Gasteiger partial charge in [0.1, 0.15) is 5.82 Å². The van der Waals surface area contributed by atoms with Crippen LogP contribution in [-0.4, -0.2) is 10.9 Å². The van der Waals surface area contributed by atoms with Gasteiger partial charge in [-0.25, -0.2) is 4.98 Å². The Kier molecular flexibility index (Phi) is 2.47. The average Bonchev–Trinajstić information content (AvgIpc) is 2.01. The van der Waals surface area contributed by atoms with Gasteiger partial charge in [-0.1, -0.05) is 20.8 Å². The number of carbonyl (C=O) groups excluding carboxylic acids is 1. The largest absolute Gasteiger partial charge is 0.383 e. The highest BCUT2D eigenvalue weighted by Gasteiger charge is 2.22. The average molecular weight is 193 g/mol. The van der Waals surface area contributed by atoms with E-state index in [4.69, 9.17) is 11.5 Å². The molecule has 4 N–H and O–H groups in total. The van der Waals surface area contributed by atoms with Crippen LogP contribution in [-0.2, 0) is 5.41 Å². The van der Waals surface area contributed by atoms with Crippen LogP contribution >= 0.6 is 0 Å². The Morgan fingerprint density at radius 3 is 2.36 bits per heavy atom. The van der Waals surface area contributed by atoms with Crippen LogP contribution in [0.25, 0.3) is 0 Å². The molecule has 0 unspecified atom stereocenters. The zero-order valence-corrected chi connectivity index (χ0v) is 8.66. The van der Waals surface area contributed by atoms with Gasteiger partial charge in [-0.3, -0.25) is 4.79 Å². The summed E-state index contributed by atoms with van der Waals surface area (Å²) >= 11 is 0. The first kappa shape index (κ1) is 10.5. The molecule has 0 bridgehead atoms. The van der Waals surface area contributed by atoms with Crippen LogP contribution < -0.4 is 11.5 Å². The molecule has 0 aliphatic rings. The predicted molar refractivity (Wildman–Crippen MR) is 55.9 cm³/mol. The van der Waals surface area contributed by atoms with Gasteiger partial charge in [0.15, 0.2) is 0 Å². The van der Waals surface area contributed by atoms with Crippen molar-refractivity contribution >= 4 is 11.7 Å². The lowest BCUT2D eigenvalue weighted by atomic mass is 9.84. The van der Waals surface area contributed by atoms with E-state index in [9.17, 15) is 4.79 Å². The molecule has 1 heterocycles. The van der Waals surface area contributed by atoms with Gasteiger partial charge in [-0.15, -0.1) is 0 Å². The molecule has 0 atom stereocenters.